The smallest absolute Gasteiger partial charge is 0.0715 e. The summed E-state index contributed by atoms with van der Waals surface area (Å²) in [4.78, 5) is 5.04. The van der Waals surface area contributed by atoms with E-state index in [-0.39, 0.29) is 0 Å². The second kappa shape index (κ2) is 6.68. The van der Waals surface area contributed by atoms with E-state index < -0.39 is 0 Å². The minimum Gasteiger partial charge on any atom is -0.248 e. The number of fused-ring (bicyclic) bond motifs is 2. The first-order chi connectivity index (χ1) is 13.3. The van der Waals surface area contributed by atoms with Crippen molar-refractivity contribution in [2.24, 2.45) is 0 Å². The summed E-state index contributed by atoms with van der Waals surface area (Å²) in [6, 6.07) is 27.1. The first-order valence-corrected chi connectivity index (χ1v) is 9.61. The molecule has 1 aliphatic rings. The molecule has 27 heavy (non-hydrogen) atoms. The fourth-order valence-corrected chi connectivity index (χ4v) is 4.18. The van der Waals surface area contributed by atoms with Crippen LogP contribution in [0.2, 0.25) is 5.02 Å². The molecule has 0 saturated carbocycles. The number of aromatic nitrogens is 1. The standard InChI is InChI=1S/C25H18ClN/c26-22-12-6-4-10-18(22)16-19-14-15-21-24(17-8-2-1-3-9-17)20-11-5-7-13-23(20)27-25(19)21/h1-13,16H,14-15H2/b19-16+. The minimum atomic E-state index is 0.780. The van der Waals surface area contributed by atoms with Gasteiger partial charge in [-0.25, -0.2) is 4.98 Å². The zero-order chi connectivity index (χ0) is 18.2. The SMILES string of the molecule is Clc1ccccc1/C=C1\CCc2c1nc1ccccc1c2-c1ccccc1. The topological polar surface area (TPSA) is 12.9 Å². The fraction of sp³-hybridized carbons (Fsp3) is 0.0800. The van der Waals surface area contributed by atoms with Crippen molar-refractivity contribution in [3.63, 3.8) is 0 Å². The summed E-state index contributed by atoms with van der Waals surface area (Å²) >= 11 is 6.39. The highest BCUT2D eigenvalue weighted by atomic mass is 35.5. The number of nitrogens with zero attached hydrogens (tertiary/aromatic N) is 1. The molecule has 0 bridgehead atoms. The number of hydrogen-bond donors (Lipinski definition) is 0. The molecule has 1 aliphatic carbocycles. The van der Waals surface area contributed by atoms with Crippen molar-refractivity contribution < 1.29 is 0 Å². The molecule has 0 saturated heterocycles. The Bertz CT molecular complexity index is 1180. The Hall–Kier alpha value is -2.90. The van der Waals surface area contributed by atoms with Gasteiger partial charge in [0.05, 0.1) is 11.2 Å². The van der Waals surface area contributed by atoms with Crippen LogP contribution in [0.25, 0.3) is 33.7 Å². The van der Waals surface area contributed by atoms with Gasteiger partial charge < -0.3 is 0 Å². The second-order valence-electron chi connectivity index (χ2n) is 6.89. The molecule has 1 heterocycles. The van der Waals surface area contributed by atoms with Gasteiger partial charge in [0.25, 0.3) is 0 Å². The Labute approximate surface area is 164 Å². The van der Waals surface area contributed by atoms with E-state index in [2.05, 4.69) is 66.7 Å². The Morgan fingerprint density at radius 2 is 1.52 bits per heavy atom. The molecule has 0 N–H and O–H groups in total. The second-order valence-corrected chi connectivity index (χ2v) is 7.30. The Kier molecular flexibility index (Phi) is 4.03. The highest BCUT2D eigenvalue weighted by Crippen LogP contribution is 2.42. The maximum atomic E-state index is 6.39. The van der Waals surface area contributed by atoms with Gasteiger partial charge in [0, 0.05) is 10.4 Å². The zero-order valence-electron chi connectivity index (χ0n) is 14.8. The molecular weight excluding hydrogens is 350 g/mol. The number of allylic oxidation sites excluding steroid dienone is 1. The van der Waals surface area contributed by atoms with Crippen LogP contribution in [0.1, 0.15) is 23.2 Å². The van der Waals surface area contributed by atoms with Crippen LogP contribution >= 0.6 is 11.6 Å². The van der Waals surface area contributed by atoms with Gasteiger partial charge >= 0.3 is 0 Å². The Balaban J connectivity index is 1.77. The van der Waals surface area contributed by atoms with Crippen molar-refractivity contribution in [2.45, 2.75) is 12.8 Å². The molecule has 2 heteroatoms. The molecule has 0 atom stereocenters. The molecule has 1 nitrogen and oxygen atoms in total. The lowest BCUT2D eigenvalue weighted by atomic mass is 9.94. The van der Waals surface area contributed by atoms with Gasteiger partial charge in [0.1, 0.15) is 0 Å². The Morgan fingerprint density at radius 1 is 0.778 bits per heavy atom. The molecule has 0 unspecified atom stereocenters. The maximum Gasteiger partial charge on any atom is 0.0715 e. The minimum absolute atomic E-state index is 0.780. The van der Waals surface area contributed by atoms with Crippen LogP contribution in [0.5, 0.6) is 0 Å². The molecule has 130 valence electrons. The third-order valence-corrected chi connectivity index (χ3v) is 5.58. The third kappa shape index (κ3) is 2.85. The quantitative estimate of drug-likeness (QED) is 0.370. The van der Waals surface area contributed by atoms with Gasteiger partial charge in [-0.2, -0.15) is 0 Å². The highest BCUT2D eigenvalue weighted by molar-refractivity contribution is 6.32. The van der Waals surface area contributed by atoms with Gasteiger partial charge in [0.2, 0.25) is 0 Å². The molecule has 0 spiro atoms. The predicted molar refractivity (Wildman–Crippen MR) is 115 cm³/mol. The summed E-state index contributed by atoms with van der Waals surface area (Å²) in [7, 11) is 0. The first-order valence-electron chi connectivity index (χ1n) is 9.24. The van der Waals surface area contributed by atoms with E-state index in [4.69, 9.17) is 16.6 Å². The summed E-state index contributed by atoms with van der Waals surface area (Å²) < 4.78 is 0. The summed E-state index contributed by atoms with van der Waals surface area (Å²) in [5.74, 6) is 0. The summed E-state index contributed by atoms with van der Waals surface area (Å²) in [5.41, 5.74) is 8.40. The van der Waals surface area contributed by atoms with Crippen LogP contribution in [-0.4, -0.2) is 4.98 Å². The van der Waals surface area contributed by atoms with Crippen molar-refractivity contribution >= 4 is 34.2 Å². The summed E-state index contributed by atoms with van der Waals surface area (Å²) in [6.45, 7) is 0. The van der Waals surface area contributed by atoms with E-state index in [0.29, 0.717) is 0 Å². The highest BCUT2D eigenvalue weighted by Gasteiger charge is 2.24. The molecule has 0 aliphatic heterocycles. The van der Waals surface area contributed by atoms with Crippen molar-refractivity contribution in [1.29, 1.82) is 0 Å². The molecule has 5 rings (SSSR count). The van der Waals surface area contributed by atoms with Crippen molar-refractivity contribution in [1.82, 2.24) is 4.98 Å². The lowest BCUT2D eigenvalue weighted by molar-refractivity contribution is 1.08. The molecule has 1 aromatic heterocycles. The largest absolute Gasteiger partial charge is 0.248 e. The lowest BCUT2D eigenvalue weighted by Gasteiger charge is -2.13. The van der Waals surface area contributed by atoms with Crippen molar-refractivity contribution in [2.75, 3.05) is 0 Å². The number of pyridine rings is 1. The van der Waals surface area contributed by atoms with Crippen LogP contribution in [0.3, 0.4) is 0 Å². The lowest BCUT2D eigenvalue weighted by Crippen LogP contribution is -1.95. The molecule has 0 amide bonds. The summed E-state index contributed by atoms with van der Waals surface area (Å²) in [6.07, 6.45) is 4.20. The van der Waals surface area contributed by atoms with Crippen LogP contribution in [0, 0.1) is 0 Å². The molecular formula is C25H18ClN. The predicted octanol–water partition coefficient (Wildman–Crippen LogP) is 7.04. The van der Waals surface area contributed by atoms with Crippen LogP contribution in [-0.2, 0) is 6.42 Å². The third-order valence-electron chi connectivity index (χ3n) is 5.24. The van der Waals surface area contributed by atoms with E-state index in [1.54, 1.807) is 0 Å². The van der Waals surface area contributed by atoms with Crippen LogP contribution in [0.4, 0.5) is 0 Å². The van der Waals surface area contributed by atoms with Gasteiger partial charge in [-0.15, -0.1) is 0 Å². The van der Waals surface area contributed by atoms with Gasteiger partial charge in [-0.3, -0.25) is 0 Å². The van der Waals surface area contributed by atoms with Crippen molar-refractivity contribution in [3.05, 3.63) is 101 Å². The summed E-state index contributed by atoms with van der Waals surface area (Å²) in [5, 5.41) is 2.00. The first kappa shape index (κ1) is 16.3. The van der Waals surface area contributed by atoms with E-state index in [0.717, 1.165) is 34.6 Å². The van der Waals surface area contributed by atoms with Gasteiger partial charge in [-0.05, 0) is 58.9 Å². The number of rotatable bonds is 2. The number of halogens is 1. The average Bonchev–Trinajstić information content (AvgIpc) is 3.11. The molecule has 4 aromatic rings. The van der Waals surface area contributed by atoms with E-state index in [9.17, 15) is 0 Å². The molecule has 0 fully saturated rings. The average molecular weight is 368 g/mol. The number of hydrogen-bond acceptors (Lipinski definition) is 1. The van der Waals surface area contributed by atoms with E-state index >= 15 is 0 Å². The van der Waals surface area contributed by atoms with Crippen LogP contribution in [0.15, 0.2) is 78.9 Å². The molecule has 3 aromatic carbocycles. The normalized spacial score (nSPS) is 14.6. The fourth-order valence-electron chi connectivity index (χ4n) is 3.99. The monoisotopic (exact) mass is 367 g/mol. The van der Waals surface area contributed by atoms with E-state index in [1.807, 2.05) is 18.2 Å². The van der Waals surface area contributed by atoms with E-state index in [1.165, 1.54) is 27.6 Å². The van der Waals surface area contributed by atoms with Gasteiger partial charge in [0.15, 0.2) is 0 Å². The van der Waals surface area contributed by atoms with Crippen molar-refractivity contribution in [3.8, 4) is 11.1 Å². The maximum absolute atomic E-state index is 6.39. The Morgan fingerprint density at radius 3 is 2.37 bits per heavy atom. The molecule has 0 radical (unpaired) electrons. The van der Waals surface area contributed by atoms with Crippen LogP contribution < -0.4 is 0 Å². The number of para-hydroxylation sites is 1. The zero-order valence-corrected chi connectivity index (χ0v) is 15.6. The number of benzene rings is 3. The van der Waals surface area contributed by atoms with Gasteiger partial charge in [-0.1, -0.05) is 78.3 Å².